The summed E-state index contributed by atoms with van der Waals surface area (Å²) < 4.78 is 26.0. The molecule has 0 saturated heterocycles. The van der Waals surface area contributed by atoms with Crippen LogP contribution in [0.5, 0.6) is 0 Å². The van der Waals surface area contributed by atoms with E-state index < -0.39 is 10.0 Å². The maximum atomic E-state index is 12.3. The highest BCUT2D eigenvalue weighted by Crippen LogP contribution is 2.27. The largest absolute Gasteiger partial charge is 0.383 e. The van der Waals surface area contributed by atoms with Gasteiger partial charge in [0.2, 0.25) is 10.0 Å². The van der Waals surface area contributed by atoms with Crippen LogP contribution in [0.25, 0.3) is 0 Å². The van der Waals surface area contributed by atoms with E-state index in [2.05, 4.69) is 5.32 Å². The summed E-state index contributed by atoms with van der Waals surface area (Å²) in [5, 5.41) is 11.9. The fraction of sp³-hybridized carbons (Fsp3) is 0.364. The van der Waals surface area contributed by atoms with E-state index in [1.165, 1.54) is 10.4 Å². The number of likely N-dealkylation sites (N-methyl/N-ethyl adjacent to an activating group) is 1. The van der Waals surface area contributed by atoms with Crippen LogP contribution < -0.4 is 5.32 Å². The standard InChI is InChI=1S/C11H13N3O2S/c1-2-14-6-5-13-10-4-3-9(8-12)7-11(10)17(14,15)16/h3-4,7,13H,2,5-6H2,1H3. The van der Waals surface area contributed by atoms with Gasteiger partial charge >= 0.3 is 0 Å². The maximum Gasteiger partial charge on any atom is 0.245 e. The Morgan fingerprint density at radius 1 is 1.53 bits per heavy atom. The van der Waals surface area contributed by atoms with E-state index in [0.29, 0.717) is 30.9 Å². The second-order valence-corrected chi connectivity index (χ2v) is 5.65. The number of hydrogen-bond donors (Lipinski definition) is 1. The molecule has 0 aromatic heterocycles. The number of nitrogens with one attached hydrogen (secondary N) is 1. The Balaban J connectivity index is 2.63. The van der Waals surface area contributed by atoms with Crippen LogP contribution in [-0.4, -0.2) is 32.4 Å². The van der Waals surface area contributed by atoms with E-state index in [1.807, 2.05) is 6.07 Å². The summed E-state index contributed by atoms with van der Waals surface area (Å²) in [6.45, 7) is 3.25. The molecule has 0 amide bonds. The third-order valence-electron chi connectivity index (χ3n) is 2.76. The Morgan fingerprint density at radius 3 is 2.94 bits per heavy atom. The van der Waals surface area contributed by atoms with Crippen molar-refractivity contribution >= 4 is 15.7 Å². The van der Waals surface area contributed by atoms with Crippen molar-refractivity contribution < 1.29 is 8.42 Å². The molecular weight excluding hydrogens is 238 g/mol. The second kappa shape index (κ2) is 4.35. The zero-order valence-electron chi connectivity index (χ0n) is 9.47. The molecule has 1 aromatic rings. The molecule has 1 N–H and O–H groups in total. The third kappa shape index (κ3) is 1.99. The molecular formula is C11H13N3O2S. The number of anilines is 1. The van der Waals surface area contributed by atoms with E-state index in [0.717, 1.165) is 0 Å². The van der Waals surface area contributed by atoms with E-state index >= 15 is 0 Å². The Bertz CT molecular complexity index is 575. The molecule has 5 nitrogen and oxygen atoms in total. The summed E-state index contributed by atoms with van der Waals surface area (Å²) in [6, 6.07) is 6.64. The Morgan fingerprint density at radius 2 is 2.29 bits per heavy atom. The van der Waals surface area contributed by atoms with Crippen molar-refractivity contribution in [3.8, 4) is 6.07 Å². The molecule has 6 heteroatoms. The van der Waals surface area contributed by atoms with Gasteiger partial charge in [-0.2, -0.15) is 9.57 Å². The smallest absolute Gasteiger partial charge is 0.245 e. The minimum absolute atomic E-state index is 0.191. The fourth-order valence-corrected chi connectivity index (χ4v) is 3.50. The average Bonchev–Trinajstić information content (AvgIpc) is 2.45. The topological polar surface area (TPSA) is 73.2 Å². The van der Waals surface area contributed by atoms with Crippen molar-refractivity contribution in [3.63, 3.8) is 0 Å². The van der Waals surface area contributed by atoms with Crippen LogP contribution in [0.4, 0.5) is 5.69 Å². The van der Waals surface area contributed by atoms with Gasteiger partial charge in [0.05, 0.1) is 17.3 Å². The minimum atomic E-state index is -3.48. The van der Waals surface area contributed by atoms with Crippen LogP contribution in [0.15, 0.2) is 23.1 Å². The summed E-state index contributed by atoms with van der Waals surface area (Å²) in [7, 11) is -3.48. The molecule has 2 rings (SSSR count). The number of nitrogens with zero attached hydrogens (tertiary/aromatic N) is 2. The van der Waals surface area contributed by atoms with Gasteiger partial charge in [-0.05, 0) is 18.2 Å². The van der Waals surface area contributed by atoms with Crippen LogP contribution in [0.3, 0.4) is 0 Å². The van der Waals surface area contributed by atoms with E-state index in [9.17, 15) is 8.42 Å². The maximum absolute atomic E-state index is 12.3. The van der Waals surface area contributed by atoms with Gasteiger partial charge in [0.15, 0.2) is 0 Å². The highest BCUT2D eigenvalue weighted by Gasteiger charge is 2.28. The highest BCUT2D eigenvalue weighted by molar-refractivity contribution is 7.89. The van der Waals surface area contributed by atoms with Crippen molar-refractivity contribution in [1.82, 2.24) is 4.31 Å². The lowest BCUT2D eigenvalue weighted by atomic mass is 10.2. The molecule has 0 unspecified atom stereocenters. The molecule has 1 aliphatic heterocycles. The van der Waals surface area contributed by atoms with Crippen molar-refractivity contribution in [2.45, 2.75) is 11.8 Å². The van der Waals surface area contributed by atoms with Crippen molar-refractivity contribution in [1.29, 1.82) is 5.26 Å². The van der Waals surface area contributed by atoms with Gasteiger partial charge in [-0.15, -0.1) is 0 Å². The van der Waals surface area contributed by atoms with Crippen LogP contribution in [0.1, 0.15) is 12.5 Å². The monoisotopic (exact) mass is 251 g/mol. The predicted octanol–water partition coefficient (Wildman–Crippen LogP) is 0.994. The summed E-state index contributed by atoms with van der Waals surface area (Å²) >= 11 is 0. The van der Waals surface area contributed by atoms with Gasteiger partial charge in [0, 0.05) is 19.6 Å². The first kappa shape index (κ1) is 11.9. The molecule has 0 radical (unpaired) electrons. The molecule has 0 fully saturated rings. The number of sulfonamides is 1. The lowest BCUT2D eigenvalue weighted by molar-refractivity contribution is 0.443. The fourth-order valence-electron chi connectivity index (χ4n) is 1.85. The van der Waals surface area contributed by atoms with Crippen LogP contribution >= 0.6 is 0 Å². The van der Waals surface area contributed by atoms with E-state index in [1.54, 1.807) is 19.1 Å². The highest BCUT2D eigenvalue weighted by atomic mass is 32.2. The van der Waals surface area contributed by atoms with Crippen LogP contribution in [0, 0.1) is 11.3 Å². The average molecular weight is 251 g/mol. The molecule has 0 atom stereocenters. The van der Waals surface area contributed by atoms with Gasteiger partial charge in [0.1, 0.15) is 4.90 Å². The van der Waals surface area contributed by atoms with Crippen molar-refractivity contribution in [2.24, 2.45) is 0 Å². The SMILES string of the molecule is CCN1CCNc2ccc(C#N)cc2S1(=O)=O. The lowest BCUT2D eigenvalue weighted by Crippen LogP contribution is -2.32. The second-order valence-electron chi connectivity index (χ2n) is 3.75. The summed E-state index contributed by atoms with van der Waals surface area (Å²) in [4.78, 5) is 0.191. The Hall–Kier alpha value is -1.58. The molecule has 90 valence electrons. The quantitative estimate of drug-likeness (QED) is 0.808. The molecule has 1 aromatic carbocycles. The van der Waals surface area contributed by atoms with Gasteiger partial charge in [-0.25, -0.2) is 8.42 Å². The summed E-state index contributed by atoms with van der Waals surface area (Å²) in [5.74, 6) is 0. The first-order valence-corrected chi connectivity index (χ1v) is 6.81. The van der Waals surface area contributed by atoms with Crippen molar-refractivity contribution in [2.75, 3.05) is 25.0 Å². The van der Waals surface area contributed by atoms with E-state index in [4.69, 9.17) is 5.26 Å². The molecule has 0 spiro atoms. The molecule has 0 saturated carbocycles. The number of hydrogen-bond acceptors (Lipinski definition) is 4. The normalized spacial score (nSPS) is 18.6. The minimum Gasteiger partial charge on any atom is -0.383 e. The van der Waals surface area contributed by atoms with Crippen LogP contribution in [0.2, 0.25) is 0 Å². The summed E-state index contributed by atoms with van der Waals surface area (Å²) in [6.07, 6.45) is 0. The molecule has 0 bridgehead atoms. The first-order valence-electron chi connectivity index (χ1n) is 5.37. The number of benzene rings is 1. The van der Waals surface area contributed by atoms with Gasteiger partial charge < -0.3 is 5.32 Å². The Kier molecular flexibility index (Phi) is 3.05. The zero-order chi connectivity index (χ0) is 12.5. The lowest BCUT2D eigenvalue weighted by Gasteiger charge is -2.17. The van der Waals surface area contributed by atoms with Crippen LogP contribution in [-0.2, 0) is 10.0 Å². The van der Waals surface area contributed by atoms with Gasteiger partial charge in [0.25, 0.3) is 0 Å². The first-order chi connectivity index (χ1) is 8.09. The van der Waals surface area contributed by atoms with Crippen molar-refractivity contribution in [3.05, 3.63) is 23.8 Å². The molecule has 0 aliphatic carbocycles. The van der Waals surface area contributed by atoms with Gasteiger partial charge in [-0.1, -0.05) is 6.92 Å². The molecule has 1 aliphatic rings. The molecule has 1 heterocycles. The predicted molar refractivity (Wildman–Crippen MR) is 64.1 cm³/mol. The number of rotatable bonds is 1. The van der Waals surface area contributed by atoms with E-state index in [-0.39, 0.29) is 4.90 Å². The third-order valence-corrected chi connectivity index (χ3v) is 4.77. The summed E-state index contributed by atoms with van der Waals surface area (Å²) in [5.41, 5.74) is 0.923. The number of nitriles is 1. The van der Waals surface area contributed by atoms with Gasteiger partial charge in [-0.3, -0.25) is 0 Å². The Labute approximate surface area is 101 Å². The zero-order valence-corrected chi connectivity index (χ0v) is 10.3. The number of fused-ring (bicyclic) bond motifs is 1. The molecule has 17 heavy (non-hydrogen) atoms.